The summed E-state index contributed by atoms with van der Waals surface area (Å²) in [6.07, 6.45) is 0. The molecule has 1 aromatic carbocycles. The lowest BCUT2D eigenvalue weighted by Crippen LogP contribution is -2.01. The molecule has 1 aromatic rings. The van der Waals surface area contributed by atoms with Crippen LogP contribution in [0.5, 0.6) is 0 Å². The van der Waals surface area contributed by atoms with Gasteiger partial charge in [-0.1, -0.05) is 0 Å². The lowest BCUT2D eigenvalue weighted by atomic mass is 10.1. The molecule has 0 saturated carbocycles. The minimum Gasteiger partial charge on any atom is -0.388 e. The number of benzene rings is 1. The number of nitrogens with one attached hydrogen (secondary N) is 2. The molecule has 0 heterocycles. The first-order valence-corrected chi connectivity index (χ1v) is 4.58. The lowest BCUT2D eigenvalue weighted by Gasteiger charge is -2.08. The zero-order valence-electron chi connectivity index (χ0n) is 7.41. The summed E-state index contributed by atoms with van der Waals surface area (Å²) in [4.78, 5) is 0. The SMILES string of the molecule is CNc1cc(Br)c(F)cc1C(C)=N. The average molecular weight is 245 g/mol. The van der Waals surface area contributed by atoms with Crippen LogP contribution in [0.4, 0.5) is 10.1 Å². The van der Waals surface area contributed by atoms with Gasteiger partial charge in [0.2, 0.25) is 0 Å². The van der Waals surface area contributed by atoms with Crippen LogP contribution in [0.15, 0.2) is 16.6 Å². The van der Waals surface area contributed by atoms with Crippen molar-refractivity contribution in [3.8, 4) is 0 Å². The summed E-state index contributed by atoms with van der Waals surface area (Å²) in [7, 11) is 1.74. The largest absolute Gasteiger partial charge is 0.388 e. The number of anilines is 1. The molecule has 13 heavy (non-hydrogen) atoms. The van der Waals surface area contributed by atoms with Crippen LogP contribution in [-0.4, -0.2) is 12.8 Å². The fourth-order valence-electron chi connectivity index (χ4n) is 1.06. The minimum atomic E-state index is -0.347. The molecule has 0 spiro atoms. The molecule has 0 aliphatic rings. The highest BCUT2D eigenvalue weighted by molar-refractivity contribution is 9.10. The van der Waals surface area contributed by atoms with Gasteiger partial charge >= 0.3 is 0 Å². The third-order valence-corrected chi connectivity index (χ3v) is 2.34. The van der Waals surface area contributed by atoms with Crippen molar-refractivity contribution < 1.29 is 4.39 Å². The molecule has 0 fully saturated rings. The molecular weight excluding hydrogens is 235 g/mol. The first-order chi connectivity index (χ1) is 6.06. The molecule has 0 aromatic heterocycles. The van der Waals surface area contributed by atoms with E-state index in [1.807, 2.05) is 0 Å². The minimum absolute atomic E-state index is 0.343. The van der Waals surface area contributed by atoms with Gasteiger partial charge in [-0.2, -0.15) is 0 Å². The zero-order valence-corrected chi connectivity index (χ0v) is 9.00. The molecule has 0 bridgehead atoms. The van der Waals surface area contributed by atoms with E-state index >= 15 is 0 Å². The zero-order chi connectivity index (χ0) is 10.0. The quantitative estimate of drug-likeness (QED) is 0.772. The van der Waals surface area contributed by atoms with Gasteiger partial charge in [-0.25, -0.2) is 4.39 Å². The maximum Gasteiger partial charge on any atom is 0.138 e. The van der Waals surface area contributed by atoms with Crippen molar-refractivity contribution in [1.29, 1.82) is 5.41 Å². The van der Waals surface area contributed by atoms with Gasteiger partial charge in [-0.15, -0.1) is 0 Å². The van der Waals surface area contributed by atoms with E-state index in [1.54, 1.807) is 20.0 Å². The highest BCUT2D eigenvalue weighted by Crippen LogP contribution is 2.24. The molecule has 0 aliphatic carbocycles. The topological polar surface area (TPSA) is 35.9 Å². The van der Waals surface area contributed by atoms with Crippen molar-refractivity contribution in [2.24, 2.45) is 0 Å². The molecule has 0 aliphatic heterocycles. The molecule has 70 valence electrons. The summed E-state index contributed by atoms with van der Waals surface area (Å²) in [6.45, 7) is 1.63. The second-order valence-corrected chi connectivity index (χ2v) is 3.54. The van der Waals surface area contributed by atoms with Gasteiger partial charge in [0.25, 0.3) is 0 Å². The van der Waals surface area contributed by atoms with E-state index in [-0.39, 0.29) is 5.82 Å². The molecule has 4 heteroatoms. The third kappa shape index (κ3) is 2.06. The Bertz CT molecular complexity index is 350. The first-order valence-electron chi connectivity index (χ1n) is 3.78. The molecule has 0 unspecified atom stereocenters. The Hall–Kier alpha value is -0.900. The standard InChI is InChI=1S/C9H10BrFN2/c1-5(12)6-3-8(11)7(10)4-9(6)13-2/h3-4,12-13H,1-2H3. The maximum atomic E-state index is 13.1. The second-order valence-electron chi connectivity index (χ2n) is 2.69. The fourth-order valence-corrected chi connectivity index (χ4v) is 1.41. The number of hydrogen-bond donors (Lipinski definition) is 2. The average Bonchev–Trinajstić information content (AvgIpc) is 2.08. The van der Waals surface area contributed by atoms with E-state index < -0.39 is 0 Å². The number of rotatable bonds is 2. The van der Waals surface area contributed by atoms with E-state index in [1.165, 1.54) is 6.07 Å². The fraction of sp³-hybridized carbons (Fsp3) is 0.222. The molecule has 0 atom stereocenters. The highest BCUT2D eigenvalue weighted by Gasteiger charge is 2.08. The number of halogens is 2. The summed E-state index contributed by atoms with van der Waals surface area (Å²) in [6, 6.07) is 2.97. The molecule has 0 amide bonds. The normalized spacial score (nSPS) is 9.85. The second kappa shape index (κ2) is 3.87. The van der Waals surface area contributed by atoms with Gasteiger partial charge in [0.15, 0.2) is 0 Å². The Balaban J connectivity index is 3.33. The molecule has 1 rings (SSSR count). The molecule has 2 N–H and O–H groups in total. The van der Waals surface area contributed by atoms with Gasteiger partial charge < -0.3 is 10.7 Å². The summed E-state index contributed by atoms with van der Waals surface area (Å²) in [5, 5.41) is 10.3. The summed E-state index contributed by atoms with van der Waals surface area (Å²) < 4.78 is 13.5. The Kier molecular flexibility index (Phi) is 3.03. The summed E-state index contributed by atoms with van der Waals surface area (Å²) in [5.74, 6) is -0.347. The van der Waals surface area contributed by atoms with E-state index in [9.17, 15) is 4.39 Å². The van der Waals surface area contributed by atoms with Crippen LogP contribution in [0.25, 0.3) is 0 Å². The summed E-state index contributed by atoms with van der Waals surface area (Å²) in [5.41, 5.74) is 1.68. The van der Waals surface area contributed by atoms with E-state index in [0.717, 1.165) is 5.69 Å². The van der Waals surface area contributed by atoms with Crippen LogP contribution in [0.2, 0.25) is 0 Å². The maximum absolute atomic E-state index is 13.1. The van der Waals surface area contributed by atoms with Crippen LogP contribution in [0.3, 0.4) is 0 Å². The predicted octanol–water partition coefficient (Wildman–Crippen LogP) is 3.02. The third-order valence-electron chi connectivity index (χ3n) is 1.73. The Labute approximate surface area is 84.8 Å². The Morgan fingerprint density at radius 1 is 1.54 bits per heavy atom. The van der Waals surface area contributed by atoms with Crippen molar-refractivity contribution in [3.63, 3.8) is 0 Å². The molecule has 2 nitrogen and oxygen atoms in total. The first kappa shape index (κ1) is 10.2. The van der Waals surface area contributed by atoms with E-state index in [0.29, 0.717) is 15.7 Å². The Morgan fingerprint density at radius 2 is 2.15 bits per heavy atom. The van der Waals surface area contributed by atoms with Crippen molar-refractivity contribution in [3.05, 3.63) is 28.0 Å². The smallest absolute Gasteiger partial charge is 0.138 e. The number of hydrogen-bond acceptors (Lipinski definition) is 2. The summed E-state index contributed by atoms with van der Waals surface area (Å²) >= 11 is 3.08. The van der Waals surface area contributed by atoms with Gasteiger partial charge in [-0.3, -0.25) is 0 Å². The van der Waals surface area contributed by atoms with Crippen molar-refractivity contribution in [2.45, 2.75) is 6.92 Å². The molecular formula is C9H10BrFN2. The Morgan fingerprint density at radius 3 is 2.62 bits per heavy atom. The van der Waals surface area contributed by atoms with Crippen LogP contribution < -0.4 is 5.32 Å². The van der Waals surface area contributed by atoms with Crippen LogP contribution in [-0.2, 0) is 0 Å². The van der Waals surface area contributed by atoms with Gasteiger partial charge in [-0.05, 0) is 35.0 Å². The predicted molar refractivity (Wildman–Crippen MR) is 56.1 cm³/mol. The molecule has 0 radical (unpaired) electrons. The van der Waals surface area contributed by atoms with Crippen molar-refractivity contribution in [1.82, 2.24) is 0 Å². The van der Waals surface area contributed by atoms with Crippen LogP contribution >= 0.6 is 15.9 Å². The van der Waals surface area contributed by atoms with Gasteiger partial charge in [0.05, 0.1) is 4.47 Å². The van der Waals surface area contributed by atoms with Crippen molar-refractivity contribution >= 4 is 27.3 Å². The van der Waals surface area contributed by atoms with Gasteiger partial charge in [0.1, 0.15) is 5.82 Å². The van der Waals surface area contributed by atoms with Gasteiger partial charge in [0, 0.05) is 24.0 Å². The van der Waals surface area contributed by atoms with E-state index in [2.05, 4.69) is 21.2 Å². The van der Waals surface area contributed by atoms with E-state index in [4.69, 9.17) is 5.41 Å². The molecule has 0 saturated heterocycles. The van der Waals surface area contributed by atoms with Crippen molar-refractivity contribution in [2.75, 3.05) is 12.4 Å². The van der Waals surface area contributed by atoms with Crippen LogP contribution in [0.1, 0.15) is 12.5 Å². The van der Waals surface area contributed by atoms with Crippen LogP contribution in [0, 0.1) is 11.2 Å². The lowest BCUT2D eigenvalue weighted by molar-refractivity contribution is 0.621. The highest BCUT2D eigenvalue weighted by atomic mass is 79.9. The monoisotopic (exact) mass is 244 g/mol.